The van der Waals surface area contributed by atoms with E-state index in [0.717, 1.165) is 31.5 Å². The van der Waals surface area contributed by atoms with Crippen molar-refractivity contribution < 1.29 is 14.6 Å². The van der Waals surface area contributed by atoms with Crippen LogP contribution in [0.5, 0.6) is 5.75 Å². The number of nitrogens with zero attached hydrogens (tertiary/aromatic N) is 1. The minimum Gasteiger partial charge on any atom is -0.497 e. The molecule has 1 aliphatic heterocycles. The Labute approximate surface area is 125 Å². The van der Waals surface area contributed by atoms with Gasteiger partial charge in [0.1, 0.15) is 5.75 Å². The summed E-state index contributed by atoms with van der Waals surface area (Å²) in [6.45, 7) is 2.51. The zero-order valence-corrected chi connectivity index (χ0v) is 12.7. The van der Waals surface area contributed by atoms with Crippen LogP contribution in [0.4, 0.5) is 10.5 Å². The molecule has 1 aromatic rings. The molecule has 0 aromatic heterocycles. The molecule has 0 radical (unpaired) electrons. The number of nitrogens with one attached hydrogen (secondary N) is 1. The molecule has 5 heteroatoms. The van der Waals surface area contributed by atoms with Crippen molar-refractivity contribution in [2.45, 2.75) is 44.8 Å². The monoisotopic (exact) mass is 292 g/mol. The summed E-state index contributed by atoms with van der Waals surface area (Å²) < 4.78 is 5.16. The van der Waals surface area contributed by atoms with E-state index < -0.39 is 0 Å². The topological polar surface area (TPSA) is 61.8 Å². The highest BCUT2D eigenvalue weighted by Crippen LogP contribution is 2.23. The van der Waals surface area contributed by atoms with Gasteiger partial charge >= 0.3 is 6.03 Å². The molecular weight excluding hydrogens is 268 g/mol. The van der Waals surface area contributed by atoms with Crippen molar-refractivity contribution in [3.8, 4) is 5.75 Å². The van der Waals surface area contributed by atoms with Gasteiger partial charge in [0.05, 0.1) is 13.2 Å². The Morgan fingerprint density at radius 3 is 3.05 bits per heavy atom. The van der Waals surface area contributed by atoms with Crippen molar-refractivity contribution in [3.63, 3.8) is 0 Å². The molecule has 2 rings (SSSR count). The predicted octanol–water partition coefficient (Wildman–Crippen LogP) is 2.85. The highest BCUT2D eigenvalue weighted by molar-refractivity contribution is 5.89. The average molecular weight is 292 g/mol. The number of benzene rings is 1. The molecule has 1 aromatic carbocycles. The van der Waals surface area contributed by atoms with Crippen LogP contribution in [0.3, 0.4) is 0 Å². The highest BCUT2D eigenvalue weighted by atomic mass is 16.5. The van der Waals surface area contributed by atoms with Crippen molar-refractivity contribution in [1.29, 1.82) is 0 Å². The molecule has 1 saturated heterocycles. The maximum absolute atomic E-state index is 12.5. The Morgan fingerprint density at radius 1 is 1.52 bits per heavy atom. The standard InChI is InChI=1S/C16H24N2O3/c1-12(19)10-14-7-3-4-9-18(14)16(20)17-13-6-5-8-15(11-13)21-2/h5-6,8,11-12,14,19H,3-4,7,9-10H2,1-2H3,(H,17,20). The van der Waals surface area contributed by atoms with Crippen LogP contribution in [-0.2, 0) is 0 Å². The van der Waals surface area contributed by atoms with Crippen molar-refractivity contribution in [3.05, 3.63) is 24.3 Å². The number of hydrogen-bond donors (Lipinski definition) is 2. The van der Waals surface area contributed by atoms with Crippen LogP contribution in [0, 0.1) is 0 Å². The van der Waals surface area contributed by atoms with Crippen LogP contribution in [-0.4, -0.2) is 41.8 Å². The number of amides is 2. The molecule has 1 heterocycles. The maximum Gasteiger partial charge on any atom is 0.322 e. The second kappa shape index (κ2) is 7.31. The number of rotatable bonds is 4. The maximum atomic E-state index is 12.5. The number of piperidine rings is 1. The summed E-state index contributed by atoms with van der Waals surface area (Å²) in [5, 5.41) is 12.5. The molecule has 2 unspecified atom stereocenters. The minimum absolute atomic E-state index is 0.103. The second-order valence-corrected chi connectivity index (χ2v) is 5.59. The molecule has 21 heavy (non-hydrogen) atoms. The van der Waals surface area contributed by atoms with E-state index in [2.05, 4.69) is 5.32 Å². The van der Waals surface area contributed by atoms with E-state index in [-0.39, 0.29) is 18.2 Å². The van der Waals surface area contributed by atoms with E-state index in [9.17, 15) is 9.90 Å². The van der Waals surface area contributed by atoms with Crippen molar-refractivity contribution in [2.24, 2.45) is 0 Å². The summed E-state index contributed by atoms with van der Waals surface area (Å²) in [7, 11) is 1.60. The van der Waals surface area contributed by atoms with Crippen LogP contribution in [0.2, 0.25) is 0 Å². The number of aliphatic hydroxyl groups is 1. The lowest BCUT2D eigenvalue weighted by Gasteiger charge is -2.36. The molecule has 1 fully saturated rings. The van der Waals surface area contributed by atoms with Crippen LogP contribution < -0.4 is 10.1 Å². The van der Waals surface area contributed by atoms with E-state index in [4.69, 9.17) is 4.74 Å². The van der Waals surface area contributed by atoms with Gasteiger partial charge in [-0.15, -0.1) is 0 Å². The van der Waals surface area contributed by atoms with E-state index in [0.29, 0.717) is 12.2 Å². The minimum atomic E-state index is -0.389. The lowest BCUT2D eigenvalue weighted by atomic mass is 9.97. The zero-order chi connectivity index (χ0) is 15.2. The molecule has 2 atom stereocenters. The lowest BCUT2D eigenvalue weighted by molar-refractivity contribution is 0.108. The molecule has 1 aliphatic rings. The number of hydrogen-bond acceptors (Lipinski definition) is 3. The van der Waals surface area contributed by atoms with E-state index in [1.54, 1.807) is 20.1 Å². The van der Waals surface area contributed by atoms with Gasteiger partial charge in [0, 0.05) is 24.3 Å². The number of likely N-dealkylation sites (tertiary alicyclic amines) is 1. The van der Waals surface area contributed by atoms with Gasteiger partial charge in [-0.05, 0) is 44.7 Å². The predicted molar refractivity (Wildman–Crippen MR) is 82.7 cm³/mol. The number of carbonyl (C=O) groups is 1. The molecular formula is C16H24N2O3. The smallest absolute Gasteiger partial charge is 0.322 e. The number of methoxy groups -OCH3 is 1. The van der Waals surface area contributed by atoms with E-state index in [1.807, 2.05) is 23.1 Å². The quantitative estimate of drug-likeness (QED) is 0.897. The Morgan fingerprint density at radius 2 is 2.33 bits per heavy atom. The summed E-state index contributed by atoms with van der Waals surface area (Å²) in [4.78, 5) is 14.3. The van der Waals surface area contributed by atoms with Gasteiger partial charge < -0.3 is 20.1 Å². The van der Waals surface area contributed by atoms with Gasteiger partial charge in [-0.2, -0.15) is 0 Å². The molecule has 0 spiro atoms. The van der Waals surface area contributed by atoms with Gasteiger partial charge in [0.25, 0.3) is 0 Å². The summed E-state index contributed by atoms with van der Waals surface area (Å²) in [6.07, 6.45) is 3.32. The first-order valence-corrected chi connectivity index (χ1v) is 7.50. The fourth-order valence-electron chi connectivity index (χ4n) is 2.80. The normalized spacial score (nSPS) is 20.0. The summed E-state index contributed by atoms with van der Waals surface area (Å²) >= 11 is 0. The summed E-state index contributed by atoms with van der Waals surface area (Å²) in [5.41, 5.74) is 0.723. The van der Waals surface area contributed by atoms with Crippen LogP contribution in [0.25, 0.3) is 0 Å². The molecule has 0 bridgehead atoms. The largest absolute Gasteiger partial charge is 0.497 e. The Balaban J connectivity index is 2.02. The fourth-order valence-corrected chi connectivity index (χ4v) is 2.80. The van der Waals surface area contributed by atoms with E-state index >= 15 is 0 Å². The lowest BCUT2D eigenvalue weighted by Crippen LogP contribution is -2.47. The third-order valence-electron chi connectivity index (χ3n) is 3.82. The van der Waals surface area contributed by atoms with Gasteiger partial charge in [0.15, 0.2) is 0 Å². The zero-order valence-electron chi connectivity index (χ0n) is 12.7. The van der Waals surface area contributed by atoms with Gasteiger partial charge in [-0.25, -0.2) is 4.79 Å². The third kappa shape index (κ3) is 4.36. The van der Waals surface area contributed by atoms with Gasteiger partial charge in [-0.3, -0.25) is 0 Å². The van der Waals surface area contributed by atoms with E-state index in [1.165, 1.54) is 0 Å². The Bertz CT molecular complexity index is 476. The Hall–Kier alpha value is -1.75. The second-order valence-electron chi connectivity index (χ2n) is 5.59. The molecule has 0 aliphatic carbocycles. The number of ether oxygens (including phenoxy) is 1. The first kappa shape index (κ1) is 15.6. The SMILES string of the molecule is COc1cccc(NC(=O)N2CCCCC2CC(C)O)c1. The van der Waals surface area contributed by atoms with Crippen LogP contribution in [0.1, 0.15) is 32.6 Å². The molecule has 2 N–H and O–H groups in total. The summed E-state index contributed by atoms with van der Waals surface area (Å²) in [5.74, 6) is 0.715. The van der Waals surface area contributed by atoms with Gasteiger partial charge in [0.2, 0.25) is 0 Å². The highest BCUT2D eigenvalue weighted by Gasteiger charge is 2.27. The van der Waals surface area contributed by atoms with Crippen LogP contribution in [0.15, 0.2) is 24.3 Å². The third-order valence-corrected chi connectivity index (χ3v) is 3.82. The van der Waals surface area contributed by atoms with Crippen molar-refractivity contribution in [2.75, 3.05) is 19.0 Å². The van der Waals surface area contributed by atoms with Crippen molar-refractivity contribution >= 4 is 11.7 Å². The van der Waals surface area contributed by atoms with Gasteiger partial charge in [-0.1, -0.05) is 6.07 Å². The number of carbonyl (C=O) groups excluding carboxylic acids is 1. The molecule has 116 valence electrons. The number of urea groups is 1. The fraction of sp³-hybridized carbons (Fsp3) is 0.562. The first-order valence-electron chi connectivity index (χ1n) is 7.50. The van der Waals surface area contributed by atoms with Crippen LogP contribution >= 0.6 is 0 Å². The first-order chi connectivity index (χ1) is 10.1. The summed E-state index contributed by atoms with van der Waals surface area (Å²) in [6, 6.07) is 7.34. The number of anilines is 1. The number of aliphatic hydroxyl groups excluding tert-OH is 1. The molecule has 2 amide bonds. The molecule has 5 nitrogen and oxygen atoms in total. The Kier molecular flexibility index (Phi) is 5.44. The molecule has 0 saturated carbocycles. The van der Waals surface area contributed by atoms with Crippen molar-refractivity contribution in [1.82, 2.24) is 4.90 Å². The average Bonchev–Trinajstić information content (AvgIpc) is 2.47.